The number of fused-ring (bicyclic) bond motifs is 1. The zero-order chi connectivity index (χ0) is 25.0. The first-order valence-electron chi connectivity index (χ1n) is 11.0. The van der Waals surface area contributed by atoms with Gasteiger partial charge in [-0.2, -0.15) is 4.31 Å². The Balaban J connectivity index is 1.66. The van der Waals surface area contributed by atoms with Crippen LogP contribution in [-0.4, -0.2) is 44.8 Å². The van der Waals surface area contributed by atoms with Gasteiger partial charge >= 0.3 is 5.97 Å². The molecule has 1 aliphatic rings. The molecule has 0 bridgehead atoms. The number of hydrogen-bond donors (Lipinski definition) is 2. The molecule has 0 aromatic heterocycles. The molecule has 2 N–H and O–H groups in total. The molecule has 0 unspecified atom stereocenters. The number of likely N-dealkylation sites (N-methyl/N-ethyl adjacent to an activating group) is 1. The second-order valence-corrected chi connectivity index (χ2v) is 9.88. The van der Waals surface area contributed by atoms with Crippen LogP contribution >= 0.6 is 0 Å². The molecule has 1 amide bonds. The average Bonchev–Trinajstić information content (AvgIpc) is 3.19. The molecule has 180 valence electrons. The van der Waals surface area contributed by atoms with Crippen molar-refractivity contribution in [1.82, 2.24) is 4.31 Å². The number of nitrogens with one attached hydrogen (secondary N) is 2. The van der Waals surface area contributed by atoms with Crippen molar-refractivity contribution in [2.24, 2.45) is 0 Å². The summed E-state index contributed by atoms with van der Waals surface area (Å²) in [6.07, 6.45) is 0. The van der Waals surface area contributed by atoms with Crippen LogP contribution in [0.2, 0.25) is 0 Å². The number of para-hydroxylation sites is 1. The third-order valence-corrected chi connectivity index (χ3v) is 7.29. The molecule has 0 aliphatic carbocycles. The van der Waals surface area contributed by atoms with Gasteiger partial charge < -0.3 is 15.4 Å². The second kappa shape index (κ2) is 10.1. The van der Waals surface area contributed by atoms with Crippen LogP contribution < -0.4 is 10.6 Å². The van der Waals surface area contributed by atoms with Crippen molar-refractivity contribution in [3.8, 4) is 0 Å². The van der Waals surface area contributed by atoms with Gasteiger partial charge in [0.25, 0.3) is 5.91 Å². The molecule has 0 spiro atoms. The smallest absolute Gasteiger partial charge is 0.321 e. The maximum atomic E-state index is 12.9. The Labute approximate surface area is 204 Å². The summed E-state index contributed by atoms with van der Waals surface area (Å²) in [6.45, 7) is 1.45. The van der Waals surface area contributed by atoms with Crippen LogP contribution in [-0.2, 0) is 24.3 Å². The van der Waals surface area contributed by atoms with Crippen LogP contribution in [0, 0.1) is 0 Å². The molecule has 8 nitrogen and oxygen atoms in total. The highest BCUT2D eigenvalue weighted by molar-refractivity contribution is 7.89. The Bertz CT molecular complexity index is 1380. The van der Waals surface area contributed by atoms with Gasteiger partial charge in [0, 0.05) is 24.0 Å². The molecule has 0 radical (unpaired) electrons. The van der Waals surface area contributed by atoms with Crippen LogP contribution in [0.25, 0.3) is 11.3 Å². The molecular weight excluding hydrogens is 466 g/mol. The van der Waals surface area contributed by atoms with E-state index in [2.05, 4.69) is 10.6 Å². The van der Waals surface area contributed by atoms with Crippen molar-refractivity contribution in [2.45, 2.75) is 11.8 Å². The summed E-state index contributed by atoms with van der Waals surface area (Å²) in [5, 5.41) is 6.19. The minimum absolute atomic E-state index is 0.0349. The number of hydrogen-bond acceptors (Lipinski definition) is 6. The summed E-state index contributed by atoms with van der Waals surface area (Å²) in [5.74, 6) is -0.844. The third kappa shape index (κ3) is 5.11. The summed E-state index contributed by atoms with van der Waals surface area (Å²) >= 11 is 0. The van der Waals surface area contributed by atoms with Gasteiger partial charge in [-0.1, -0.05) is 48.5 Å². The van der Waals surface area contributed by atoms with Crippen LogP contribution in [0.15, 0.2) is 83.8 Å². The number of rotatable bonds is 8. The summed E-state index contributed by atoms with van der Waals surface area (Å²) in [4.78, 5) is 24.6. The Hall–Kier alpha value is -3.95. The maximum absolute atomic E-state index is 12.9. The SMILES string of the molecule is CCOC(=O)CN(C)S(=O)(=O)c1ccc(NC(=C2C(=O)Nc3ccccc32)c2ccccc2)cc1. The molecule has 0 saturated carbocycles. The molecular formula is C26H25N3O5S. The number of anilines is 2. The summed E-state index contributed by atoms with van der Waals surface area (Å²) in [6, 6.07) is 23.0. The van der Waals surface area contributed by atoms with E-state index in [1.165, 1.54) is 19.2 Å². The van der Waals surface area contributed by atoms with E-state index in [1.54, 1.807) is 19.1 Å². The first kappa shape index (κ1) is 24.2. The largest absolute Gasteiger partial charge is 0.465 e. The number of carbonyl (C=O) groups is 2. The molecule has 0 atom stereocenters. The van der Waals surface area contributed by atoms with E-state index in [1.807, 2.05) is 54.6 Å². The number of sulfonamides is 1. The summed E-state index contributed by atoms with van der Waals surface area (Å²) < 4.78 is 31.5. The second-order valence-electron chi connectivity index (χ2n) is 7.83. The predicted molar refractivity (Wildman–Crippen MR) is 135 cm³/mol. The minimum Gasteiger partial charge on any atom is -0.465 e. The van der Waals surface area contributed by atoms with Gasteiger partial charge in [-0.25, -0.2) is 8.42 Å². The van der Waals surface area contributed by atoms with Gasteiger partial charge in [0.1, 0.15) is 6.54 Å². The van der Waals surface area contributed by atoms with Gasteiger partial charge in [-0.15, -0.1) is 0 Å². The third-order valence-electron chi connectivity index (χ3n) is 5.47. The molecule has 1 aliphatic heterocycles. The molecule has 1 heterocycles. The van der Waals surface area contributed by atoms with Crippen molar-refractivity contribution in [2.75, 3.05) is 30.8 Å². The molecule has 35 heavy (non-hydrogen) atoms. The molecule has 0 fully saturated rings. The van der Waals surface area contributed by atoms with Crippen molar-refractivity contribution in [3.05, 3.63) is 90.0 Å². The molecule has 3 aromatic carbocycles. The number of esters is 1. The number of nitrogens with zero attached hydrogens (tertiary/aromatic N) is 1. The van der Waals surface area contributed by atoms with E-state index in [4.69, 9.17) is 4.74 Å². The van der Waals surface area contributed by atoms with Gasteiger partial charge in [0.2, 0.25) is 10.0 Å². The Morgan fingerprint density at radius 1 is 0.971 bits per heavy atom. The molecule has 3 aromatic rings. The predicted octanol–water partition coefficient (Wildman–Crippen LogP) is 3.80. The Morgan fingerprint density at radius 2 is 1.63 bits per heavy atom. The van der Waals surface area contributed by atoms with Gasteiger partial charge in [-0.05, 0) is 42.8 Å². The van der Waals surface area contributed by atoms with Crippen LogP contribution in [0.3, 0.4) is 0 Å². The van der Waals surface area contributed by atoms with Crippen LogP contribution in [0.5, 0.6) is 0 Å². The number of carbonyl (C=O) groups excluding carboxylic acids is 2. The zero-order valence-electron chi connectivity index (χ0n) is 19.3. The van der Waals surface area contributed by atoms with E-state index >= 15 is 0 Å². The average molecular weight is 492 g/mol. The fraction of sp³-hybridized carbons (Fsp3) is 0.154. The summed E-state index contributed by atoms with van der Waals surface area (Å²) in [5.41, 5.74) is 4.01. The lowest BCUT2D eigenvalue weighted by Crippen LogP contribution is -2.33. The van der Waals surface area contributed by atoms with Crippen LogP contribution in [0.1, 0.15) is 18.1 Å². The maximum Gasteiger partial charge on any atom is 0.321 e. The van der Waals surface area contributed by atoms with Gasteiger partial charge in [0.05, 0.1) is 22.8 Å². The fourth-order valence-corrected chi connectivity index (χ4v) is 4.87. The Morgan fingerprint density at radius 3 is 2.31 bits per heavy atom. The quantitative estimate of drug-likeness (QED) is 0.367. The van der Waals surface area contributed by atoms with Crippen LogP contribution in [0.4, 0.5) is 11.4 Å². The van der Waals surface area contributed by atoms with E-state index in [0.29, 0.717) is 17.0 Å². The highest BCUT2D eigenvalue weighted by Gasteiger charge is 2.28. The van der Waals surface area contributed by atoms with Crippen molar-refractivity contribution in [1.29, 1.82) is 0 Å². The highest BCUT2D eigenvalue weighted by atomic mass is 32.2. The lowest BCUT2D eigenvalue weighted by molar-refractivity contribution is -0.143. The topological polar surface area (TPSA) is 105 Å². The van der Waals surface area contributed by atoms with E-state index in [0.717, 1.165) is 21.1 Å². The van der Waals surface area contributed by atoms with Crippen molar-refractivity contribution < 1.29 is 22.7 Å². The molecule has 0 saturated heterocycles. The lowest BCUT2D eigenvalue weighted by atomic mass is 10.00. The standard InChI is InChI=1S/C26H25N3O5S/c1-3-34-23(30)17-29(2)35(32,33)20-15-13-19(14-16-20)27-25(18-9-5-4-6-10-18)24-21-11-7-8-12-22(21)28-26(24)31/h4-16,27H,3,17H2,1-2H3,(H,28,31). The molecule has 9 heteroatoms. The first-order valence-corrected chi connectivity index (χ1v) is 12.4. The van der Waals surface area contributed by atoms with E-state index in [-0.39, 0.29) is 24.0 Å². The fourth-order valence-electron chi connectivity index (χ4n) is 3.76. The summed E-state index contributed by atoms with van der Waals surface area (Å²) in [7, 11) is -2.56. The van der Waals surface area contributed by atoms with Crippen molar-refractivity contribution >= 4 is 44.5 Å². The minimum atomic E-state index is -3.89. The number of benzene rings is 3. The van der Waals surface area contributed by atoms with Crippen molar-refractivity contribution in [3.63, 3.8) is 0 Å². The highest BCUT2D eigenvalue weighted by Crippen LogP contribution is 2.37. The Kier molecular flexibility index (Phi) is 6.99. The lowest BCUT2D eigenvalue weighted by Gasteiger charge is -2.17. The number of ether oxygens (including phenoxy) is 1. The first-order chi connectivity index (χ1) is 16.8. The van der Waals surface area contributed by atoms with E-state index in [9.17, 15) is 18.0 Å². The van der Waals surface area contributed by atoms with Gasteiger partial charge in [-0.3, -0.25) is 9.59 Å². The van der Waals surface area contributed by atoms with E-state index < -0.39 is 16.0 Å². The molecule has 4 rings (SSSR count). The normalized spacial score (nSPS) is 14.3. The zero-order valence-corrected chi connectivity index (χ0v) is 20.1. The van der Waals surface area contributed by atoms with Gasteiger partial charge in [0.15, 0.2) is 0 Å². The monoisotopic (exact) mass is 491 g/mol. The number of amides is 1.